The molecule has 0 fully saturated rings. The Kier molecular flexibility index (Phi) is 5.29. The third-order valence-electron chi connectivity index (χ3n) is 4.23. The van der Waals surface area contributed by atoms with Gasteiger partial charge in [-0.25, -0.2) is 0 Å². The molecule has 0 spiro atoms. The molecule has 1 aliphatic heterocycles. The largest absolute Gasteiger partial charge is 0.493 e. The van der Waals surface area contributed by atoms with Crippen molar-refractivity contribution in [3.05, 3.63) is 57.4 Å². The minimum absolute atomic E-state index is 0.0212. The van der Waals surface area contributed by atoms with E-state index in [1.54, 1.807) is 0 Å². The van der Waals surface area contributed by atoms with Gasteiger partial charge in [0.2, 0.25) is 12.0 Å². The highest BCUT2D eigenvalue weighted by atomic mass is 19.4. The number of nitro groups is 1. The van der Waals surface area contributed by atoms with E-state index in [1.807, 2.05) is 0 Å². The summed E-state index contributed by atoms with van der Waals surface area (Å²) in [6.45, 7) is 0. The molecule has 2 atom stereocenters. The van der Waals surface area contributed by atoms with Crippen molar-refractivity contribution in [1.82, 2.24) is 4.98 Å². The van der Waals surface area contributed by atoms with Gasteiger partial charge in [-0.1, -0.05) is 11.2 Å². The highest BCUT2D eigenvalue weighted by molar-refractivity contribution is 6.07. The van der Waals surface area contributed by atoms with Gasteiger partial charge in [0.15, 0.2) is 5.75 Å². The number of nitrogens with zero attached hydrogens (tertiary/aromatic N) is 3. The molecule has 3 rings (SSSR count). The molecule has 9 nitrogen and oxygen atoms in total. The highest BCUT2D eigenvalue weighted by Gasteiger charge is 2.44. The summed E-state index contributed by atoms with van der Waals surface area (Å²) in [5.41, 5.74) is -2.24. The molecule has 154 valence electrons. The van der Waals surface area contributed by atoms with Crippen LogP contribution in [0.2, 0.25) is 0 Å². The third-order valence-corrected chi connectivity index (χ3v) is 4.23. The van der Waals surface area contributed by atoms with Gasteiger partial charge in [-0.2, -0.15) is 13.2 Å². The Bertz CT molecular complexity index is 979. The number of methoxy groups -OCH3 is 2. The van der Waals surface area contributed by atoms with Crippen LogP contribution in [0.4, 0.5) is 18.9 Å². The lowest BCUT2D eigenvalue weighted by molar-refractivity contribution is -0.385. The van der Waals surface area contributed by atoms with Crippen molar-refractivity contribution in [2.45, 2.75) is 18.4 Å². The summed E-state index contributed by atoms with van der Waals surface area (Å²) in [6.07, 6.45) is -5.58. The molecule has 0 amide bonds. The Morgan fingerprint density at radius 2 is 2.00 bits per heavy atom. The molecule has 29 heavy (non-hydrogen) atoms. The lowest BCUT2D eigenvalue weighted by Crippen LogP contribution is -2.25. The van der Waals surface area contributed by atoms with Crippen molar-refractivity contribution >= 4 is 11.4 Å². The molecule has 0 saturated carbocycles. The summed E-state index contributed by atoms with van der Waals surface area (Å²) >= 11 is 0. The van der Waals surface area contributed by atoms with E-state index < -0.39 is 34.7 Å². The molecule has 1 aliphatic rings. The summed E-state index contributed by atoms with van der Waals surface area (Å²) < 4.78 is 50.3. The van der Waals surface area contributed by atoms with Gasteiger partial charge in [-0.05, 0) is 17.7 Å². The van der Waals surface area contributed by atoms with Crippen LogP contribution < -0.4 is 9.47 Å². The second-order valence-electron chi connectivity index (χ2n) is 5.88. The molecule has 1 aromatic carbocycles. The number of rotatable bonds is 5. The van der Waals surface area contributed by atoms with Crippen molar-refractivity contribution in [2.75, 3.05) is 14.2 Å². The smallest absolute Gasteiger partial charge is 0.433 e. The topological polar surface area (TPSA) is 116 Å². The maximum absolute atomic E-state index is 13.4. The Labute approximate surface area is 161 Å². The van der Waals surface area contributed by atoms with Gasteiger partial charge in [-0.3, -0.25) is 15.1 Å². The Hall–Kier alpha value is -3.41. The van der Waals surface area contributed by atoms with Crippen LogP contribution in [0.3, 0.4) is 0 Å². The van der Waals surface area contributed by atoms with Crippen molar-refractivity contribution in [2.24, 2.45) is 5.16 Å². The fourth-order valence-electron chi connectivity index (χ4n) is 3.03. The molecule has 2 aromatic rings. The minimum atomic E-state index is -4.80. The number of alkyl halides is 3. The fraction of sp³-hybridized carbons (Fsp3) is 0.294. The van der Waals surface area contributed by atoms with Gasteiger partial charge in [0.05, 0.1) is 25.1 Å². The molecule has 1 aromatic heterocycles. The van der Waals surface area contributed by atoms with E-state index in [0.29, 0.717) is 0 Å². The number of halogens is 3. The van der Waals surface area contributed by atoms with Gasteiger partial charge in [0.1, 0.15) is 11.4 Å². The van der Waals surface area contributed by atoms with E-state index in [1.165, 1.54) is 26.4 Å². The summed E-state index contributed by atoms with van der Waals surface area (Å²) in [4.78, 5) is 18.8. The van der Waals surface area contributed by atoms with E-state index in [-0.39, 0.29) is 28.3 Å². The Balaban J connectivity index is 2.18. The zero-order chi connectivity index (χ0) is 21.3. The number of pyridine rings is 1. The molecule has 12 heteroatoms. The van der Waals surface area contributed by atoms with Crippen LogP contribution in [0.15, 0.2) is 35.6 Å². The average molecular weight is 413 g/mol. The van der Waals surface area contributed by atoms with Crippen LogP contribution in [0.5, 0.6) is 11.5 Å². The molecule has 2 heterocycles. The molecular weight excluding hydrogens is 399 g/mol. The quantitative estimate of drug-likeness (QED) is 0.592. The number of aromatic nitrogens is 1. The van der Waals surface area contributed by atoms with Gasteiger partial charge in [0, 0.05) is 17.8 Å². The number of oxime groups is 1. The van der Waals surface area contributed by atoms with E-state index in [4.69, 9.17) is 14.3 Å². The summed E-state index contributed by atoms with van der Waals surface area (Å²) in [6, 6.07) is 4.74. The van der Waals surface area contributed by atoms with Crippen molar-refractivity contribution in [3.8, 4) is 11.5 Å². The Morgan fingerprint density at radius 1 is 1.28 bits per heavy atom. The maximum atomic E-state index is 13.4. The number of aliphatic hydroxyl groups excluding tert-OH is 1. The highest BCUT2D eigenvalue weighted by Crippen LogP contribution is 2.42. The van der Waals surface area contributed by atoms with Crippen LogP contribution in [0.25, 0.3) is 0 Å². The van der Waals surface area contributed by atoms with Gasteiger partial charge in [0.25, 0.3) is 0 Å². The number of benzene rings is 1. The second kappa shape index (κ2) is 7.54. The van der Waals surface area contributed by atoms with Crippen LogP contribution in [-0.2, 0) is 11.0 Å². The van der Waals surface area contributed by atoms with Gasteiger partial charge >= 0.3 is 11.9 Å². The first-order valence-corrected chi connectivity index (χ1v) is 8.03. The molecule has 0 bridgehead atoms. The molecule has 0 saturated heterocycles. The average Bonchev–Trinajstić information content (AvgIpc) is 3.07. The zero-order valence-corrected chi connectivity index (χ0v) is 15.0. The number of ether oxygens (including phenoxy) is 2. The SMILES string of the molecule is COc1cc(C2=NOC(O)C2c2cccnc2C(F)(F)F)cc([N+](=O)[O-])c1OC. The molecule has 1 N–H and O–H groups in total. The second-order valence-corrected chi connectivity index (χ2v) is 5.88. The summed E-state index contributed by atoms with van der Waals surface area (Å²) in [5, 5.41) is 25.2. The summed E-state index contributed by atoms with van der Waals surface area (Å²) in [5.74, 6) is -1.60. The predicted octanol–water partition coefficient (Wildman–Crippen LogP) is 2.86. The van der Waals surface area contributed by atoms with Gasteiger partial charge < -0.3 is 19.4 Å². The fourth-order valence-corrected chi connectivity index (χ4v) is 3.03. The van der Waals surface area contributed by atoms with Crippen LogP contribution >= 0.6 is 0 Å². The molecular formula is C17H14F3N3O6. The first-order valence-electron chi connectivity index (χ1n) is 8.03. The van der Waals surface area contributed by atoms with Crippen LogP contribution in [0, 0.1) is 10.1 Å². The van der Waals surface area contributed by atoms with Crippen LogP contribution in [0.1, 0.15) is 22.7 Å². The third kappa shape index (κ3) is 3.66. The monoisotopic (exact) mass is 413 g/mol. The summed E-state index contributed by atoms with van der Waals surface area (Å²) in [7, 11) is 2.45. The maximum Gasteiger partial charge on any atom is 0.433 e. The lowest BCUT2D eigenvalue weighted by atomic mass is 9.88. The number of aliphatic hydroxyl groups is 1. The van der Waals surface area contributed by atoms with Crippen molar-refractivity contribution in [1.29, 1.82) is 0 Å². The van der Waals surface area contributed by atoms with Crippen LogP contribution in [-0.4, -0.2) is 41.2 Å². The lowest BCUT2D eigenvalue weighted by Gasteiger charge is -2.19. The first kappa shape index (κ1) is 20.3. The molecule has 0 aliphatic carbocycles. The van der Waals surface area contributed by atoms with E-state index in [9.17, 15) is 28.4 Å². The zero-order valence-electron chi connectivity index (χ0n) is 15.0. The van der Waals surface area contributed by atoms with E-state index >= 15 is 0 Å². The standard InChI is InChI=1S/C17H14F3N3O6/c1-27-11-7-8(6-10(23(25)26)14(11)28-2)13-12(16(24)29-22-13)9-4-3-5-21-15(9)17(18,19)20/h3-7,12,16,24H,1-2H3. The van der Waals surface area contributed by atoms with Crippen molar-refractivity contribution in [3.63, 3.8) is 0 Å². The normalized spacial score (nSPS) is 18.8. The number of hydrogen-bond donors (Lipinski definition) is 1. The predicted molar refractivity (Wildman–Crippen MR) is 91.8 cm³/mol. The Morgan fingerprint density at radius 3 is 2.59 bits per heavy atom. The number of hydrogen-bond acceptors (Lipinski definition) is 8. The van der Waals surface area contributed by atoms with Gasteiger partial charge in [-0.15, -0.1) is 0 Å². The molecule has 0 radical (unpaired) electrons. The number of nitro benzene ring substituents is 1. The van der Waals surface area contributed by atoms with E-state index in [0.717, 1.165) is 18.3 Å². The molecule has 2 unspecified atom stereocenters. The minimum Gasteiger partial charge on any atom is -0.493 e. The van der Waals surface area contributed by atoms with Crippen molar-refractivity contribution < 1.29 is 37.5 Å². The first-order chi connectivity index (χ1) is 13.7. The van der Waals surface area contributed by atoms with E-state index in [2.05, 4.69) is 10.1 Å².